The fraction of sp³-hybridized carbons (Fsp3) is 0.500. The lowest BCUT2D eigenvalue weighted by Crippen LogP contribution is -2.41. The van der Waals surface area contributed by atoms with E-state index >= 15 is 0 Å². The first-order chi connectivity index (χ1) is 15.2. The van der Waals surface area contributed by atoms with Crippen molar-refractivity contribution in [3.05, 3.63) is 41.6 Å². The van der Waals surface area contributed by atoms with Crippen LogP contribution < -0.4 is 15.8 Å². The van der Waals surface area contributed by atoms with Gasteiger partial charge in [-0.3, -0.25) is 0 Å². The van der Waals surface area contributed by atoms with Crippen LogP contribution in [0.15, 0.2) is 36.5 Å². The molecule has 8 heteroatoms. The third-order valence-corrected chi connectivity index (χ3v) is 5.55. The lowest BCUT2D eigenvalue weighted by atomic mass is 9.95. The molecule has 1 aromatic heterocycles. The van der Waals surface area contributed by atoms with E-state index in [1.165, 1.54) is 0 Å². The molecule has 0 saturated carbocycles. The Morgan fingerprint density at radius 1 is 1.34 bits per heavy atom. The van der Waals surface area contributed by atoms with Crippen LogP contribution in [0.1, 0.15) is 40.0 Å². The Balaban J connectivity index is 1.69. The number of amides is 1. The Morgan fingerprint density at radius 3 is 2.78 bits per heavy atom. The zero-order valence-corrected chi connectivity index (χ0v) is 19.7. The molecule has 2 atom stereocenters. The van der Waals surface area contributed by atoms with E-state index in [2.05, 4.69) is 10.3 Å². The van der Waals surface area contributed by atoms with Crippen LogP contribution in [0.25, 0.3) is 11.1 Å². The first-order valence-corrected chi connectivity index (χ1v) is 11.3. The number of primary amides is 1. The van der Waals surface area contributed by atoms with Gasteiger partial charge >= 0.3 is 6.09 Å². The zero-order chi connectivity index (χ0) is 23.1. The van der Waals surface area contributed by atoms with Gasteiger partial charge in [-0.25, -0.2) is 9.78 Å². The second kappa shape index (κ2) is 10.9. The summed E-state index contributed by atoms with van der Waals surface area (Å²) < 4.78 is 16.8. The van der Waals surface area contributed by atoms with Crippen molar-refractivity contribution in [2.75, 3.05) is 25.1 Å². The monoisotopic (exact) mass is 461 g/mol. The molecule has 1 aromatic carbocycles. The molecule has 1 fully saturated rings. The highest BCUT2D eigenvalue weighted by Gasteiger charge is 2.30. The predicted octanol–water partition coefficient (Wildman–Crippen LogP) is 5.27. The molecule has 3 rings (SSSR count). The highest BCUT2D eigenvalue weighted by Crippen LogP contribution is 2.32. The van der Waals surface area contributed by atoms with Crippen LogP contribution in [0.2, 0.25) is 5.02 Å². The van der Waals surface area contributed by atoms with Gasteiger partial charge in [-0.15, -0.1) is 0 Å². The summed E-state index contributed by atoms with van der Waals surface area (Å²) in [5.74, 6) is 1.63. The standard InChI is InChI=1S/C24H32ClN3O4/c1-16(2)13-24(3,32-23(26)29)15-31-21-7-6-17(11-20(21)25)18-8-9-27-22(12-18)28-19-5-4-10-30-14-19/h6-9,11-12,16,19H,4-5,10,13-15H2,1-3H3,(H2,26,29)(H,27,28)/t19-,24-/m0/s1. The largest absolute Gasteiger partial charge is 0.488 e. The summed E-state index contributed by atoms with van der Waals surface area (Å²) in [6, 6.07) is 9.83. The molecule has 3 N–H and O–H groups in total. The van der Waals surface area contributed by atoms with Gasteiger partial charge in [0, 0.05) is 12.8 Å². The van der Waals surface area contributed by atoms with Crippen molar-refractivity contribution < 1.29 is 19.0 Å². The van der Waals surface area contributed by atoms with Crippen LogP contribution in [0.3, 0.4) is 0 Å². The van der Waals surface area contributed by atoms with Crippen molar-refractivity contribution in [1.29, 1.82) is 0 Å². The van der Waals surface area contributed by atoms with Gasteiger partial charge in [0.1, 0.15) is 23.8 Å². The van der Waals surface area contributed by atoms with Crippen LogP contribution in [-0.2, 0) is 9.47 Å². The summed E-state index contributed by atoms with van der Waals surface area (Å²) in [4.78, 5) is 15.8. The third kappa shape index (κ3) is 7.00. The lowest BCUT2D eigenvalue weighted by molar-refractivity contribution is -0.0185. The van der Waals surface area contributed by atoms with E-state index in [1.807, 2.05) is 51.1 Å². The van der Waals surface area contributed by atoms with E-state index in [0.29, 0.717) is 29.7 Å². The minimum absolute atomic E-state index is 0.153. The fourth-order valence-electron chi connectivity index (χ4n) is 4.02. The second-order valence-corrected chi connectivity index (χ2v) is 9.30. The average Bonchev–Trinajstić information content (AvgIpc) is 2.72. The molecule has 1 amide bonds. The minimum atomic E-state index is -0.837. The van der Waals surface area contributed by atoms with Gasteiger partial charge in [0.2, 0.25) is 0 Å². The number of aromatic nitrogens is 1. The Bertz CT molecular complexity index is 918. The summed E-state index contributed by atoms with van der Waals surface area (Å²) in [6.07, 6.45) is 3.69. The van der Waals surface area contributed by atoms with Gasteiger partial charge in [-0.1, -0.05) is 31.5 Å². The maximum atomic E-state index is 11.3. The van der Waals surface area contributed by atoms with E-state index in [1.54, 1.807) is 6.20 Å². The van der Waals surface area contributed by atoms with E-state index in [4.69, 9.17) is 31.5 Å². The maximum Gasteiger partial charge on any atom is 0.405 e. The smallest absolute Gasteiger partial charge is 0.405 e. The molecule has 0 aliphatic carbocycles. The SMILES string of the molecule is CC(C)C[C@@](C)(COc1ccc(-c2ccnc(N[C@H]3CCCOC3)c2)cc1Cl)OC(N)=O. The summed E-state index contributed by atoms with van der Waals surface area (Å²) >= 11 is 6.51. The van der Waals surface area contributed by atoms with Gasteiger partial charge in [-0.05, 0) is 67.5 Å². The molecule has 2 heterocycles. The first kappa shape index (κ1) is 24.1. The number of hydrogen-bond acceptors (Lipinski definition) is 6. The van der Waals surface area contributed by atoms with Gasteiger partial charge in [0.05, 0.1) is 17.7 Å². The van der Waals surface area contributed by atoms with Crippen LogP contribution in [0.5, 0.6) is 5.75 Å². The Morgan fingerprint density at radius 2 is 2.12 bits per heavy atom. The van der Waals surface area contributed by atoms with Crippen molar-refractivity contribution in [3.8, 4) is 16.9 Å². The minimum Gasteiger partial charge on any atom is -0.488 e. The number of carbonyl (C=O) groups excluding carboxylic acids is 1. The number of anilines is 1. The van der Waals surface area contributed by atoms with Crippen molar-refractivity contribution >= 4 is 23.5 Å². The molecule has 0 bridgehead atoms. The van der Waals surface area contributed by atoms with Crippen LogP contribution in [0.4, 0.5) is 10.6 Å². The van der Waals surface area contributed by atoms with Crippen molar-refractivity contribution in [3.63, 3.8) is 0 Å². The number of nitrogens with zero attached hydrogens (tertiary/aromatic N) is 1. The molecule has 2 aromatic rings. The maximum absolute atomic E-state index is 11.3. The van der Waals surface area contributed by atoms with Crippen LogP contribution >= 0.6 is 11.6 Å². The second-order valence-electron chi connectivity index (χ2n) is 8.89. The first-order valence-electron chi connectivity index (χ1n) is 11.0. The molecule has 7 nitrogen and oxygen atoms in total. The van der Waals surface area contributed by atoms with Crippen LogP contribution in [0, 0.1) is 5.92 Å². The molecule has 1 aliphatic rings. The van der Waals surface area contributed by atoms with Gasteiger partial charge < -0.3 is 25.3 Å². The number of benzene rings is 1. The number of carbonyl (C=O) groups is 1. The normalized spacial score (nSPS) is 18.1. The lowest BCUT2D eigenvalue weighted by Gasteiger charge is -2.30. The Hall–Kier alpha value is -2.51. The Labute approximate surface area is 194 Å². The molecular formula is C24H32ClN3O4. The molecule has 0 spiro atoms. The molecule has 0 unspecified atom stereocenters. The van der Waals surface area contributed by atoms with E-state index in [9.17, 15) is 4.79 Å². The van der Waals surface area contributed by atoms with Gasteiger partial charge in [0.25, 0.3) is 0 Å². The number of nitrogens with one attached hydrogen (secondary N) is 1. The topological polar surface area (TPSA) is 95.7 Å². The number of halogens is 1. The summed E-state index contributed by atoms with van der Waals surface area (Å²) in [6.45, 7) is 7.57. The zero-order valence-electron chi connectivity index (χ0n) is 18.9. The number of pyridine rings is 1. The van der Waals surface area contributed by atoms with Gasteiger partial charge in [-0.2, -0.15) is 0 Å². The molecule has 1 aliphatic heterocycles. The number of ether oxygens (including phenoxy) is 3. The van der Waals surface area contributed by atoms with Crippen LogP contribution in [-0.4, -0.2) is 42.5 Å². The molecule has 174 valence electrons. The third-order valence-electron chi connectivity index (χ3n) is 5.26. The number of hydrogen-bond donors (Lipinski definition) is 2. The van der Waals surface area contributed by atoms with Crippen molar-refractivity contribution in [2.45, 2.75) is 51.7 Å². The Kier molecular flexibility index (Phi) is 8.21. The fourth-order valence-corrected chi connectivity index (χ4v) is 4.25. The molecule has 0 radical (unpaired) electrons. The quantitative estimate of drug-likeness (QED) is 0.528. The van der Waals surface area contributed by atoms with Gasteiger partial charge in [0.15, 0.2) is 0 Å². The number of nitrogens with two attached hydrogens (primary N) is 1. The summed E-state index contributed by atoms with van der Waals surface area (Å²) in [5, 5.41) is 3.91. The average molecular weight is 462 g/mol. The van der Waals surface area contributed by atoms with Crippen molar-refractivity contribution in [2.24, 2.45) is 11.7 Å². The summed E-state index contributed by atoms with van der Waals surface area (Å²) in [7, 11) is 0. The molecular weight excluding hydrogens is 430 g/mol. The van der Waals surface area contributed by atoms with E-state index < -0.39 is 11.7 Å². The predicted molar refractivity (Wildman–Crippen MR) is 126 cm³/mol. The summed E-state index contributed by atoms with van der Waals surface area (Å²) in [5.41, 5.74) is 6.36. The highest BCUT2D eigenvalue weighted by molar-refractivity contribution is 6.32. The molecule has 1 saturated heterocycles. The number of rotatable bonds is 9. The van der Waals surface area contributed by atoms with Crippen molar-refractivity contribution in [1.82, 2.24) is 4.98 Å². The van der Waals surface area contributed by atoms with E-state index in [-0.39, 0.29) is 12.6 Å². The molecule has 32 heavy (non-hydrogen) atoms. The van der Waals surface area contributed by atoms with E-state index in [0.717, 1.165) is 36.4 Å². The highest BCUT2D eigenvalue weighted by atomic mass is 35.5.